The van der Waals surface area contributed by atoms with E-state index in [0.717, 1.165) is 46.6 Å². The molecule has 3 rings (SSSR count). The maximum absolute atomic E-state index is 13.0. The number of hydrogen-bond acceptors (Lipinski definition) is 4. The summed E-state index contributed by atoms with van der Waals surface area (Å²) in [7, 11) is 0. The first-order chi connectivity index (χ1) is 11.9. The second kappa shape index (κ2) is 7.12. The number of carbonyl (C=O) groups excluding carboxylic acids is 2. The maximum Gasteiger partial charge on any atom is 0.231 e. The van der Waals surface area contributed by atoms with Crippen molar-refractivity contribution in [3.8, 4) is 0 Å². The fourth-order valence-corrected chi connectivity index (χ4v) is 4.46. The molecule has 1 saturated carbocycles. The third-order valence-corrected chi connectivity index (χ3v) is 5.68. The Kier molecular flexibility index (Phi) is 5.08. The van der Waals surface area contributed by atoms with Crippen LogP contribution in [0.1, 0.15) is 51.0 Å². The number of anilines is 1. The van der Waals surface area contributed by atoms with E-state index in [1.165, 1.54) is 0 Å². The SMILES string of the molecule is Cc1nc2ccc(NC(=O)C3(CC(=O)NC(C)C)CCCC3)cc2s1. The van der Waals surface area contributed by atoms with Crippen LogP contribution >= 0.6 is 11.3 Å². The quantitative estimate of drug-likeness (QED) is 0.847. The summed E-state index contributed by atoms with van der Waals surface area (Å²) >= 11 is 1.62. The molecule has 0 spiro atoms. The first-order valence-corrected chi connectivity index (χ1v) is 9.68. The topological polar surface area (TPSA) is 71.1 Å². The Morgan fingerprint density at radius 2 is 2.00 bits per heavy atom. The number of rotatable bonds is 5. The summed E-state index contributed by atoms with van der Waals surface area (Å²) in [6.07, 6.45) is 3.79. The van der Waals surface area contributed by atoms with E-state index in [4.69, 9.17) is 0 Å². The van der Waals surface area contributed by atoms with Gasteiger partial charge in [-0.3, -0.25) is 9.59 Å². The minimum atomic E-state index is -0.586. The van der Waals surface area contributed by atoms with Gasteiger partial charge in [0.2, 0.25) is 11.8 Å². The van der Waals surface area contributed by atoms with Gasteiger partial charge >= 0.3 is 0 Å². The molecule has 5 nitrogen and oxygen atoms in total. The summed E-state index contributed by atoms with van der Waals surface area (Å²) in [4.78, 5) is 29.7. The molecule has 134 valence electrons. The van der Waals surface area contributed by atoms with E-state index in [1.807, 2.05) is 39.0 Å². The van der Waals surface area contributed by atoms with Crippen molar-refractivity contribution >= 4 is 39.1 Å². The highest BCUT2D eigenvalue weighted by atomic mass is 32.1. The molecule has 1 aromatic heterocycles. The van der Waals surface area contributed by atoms with Crippen molar-refractivity contribution in [1.82, 2.24) is 10.3 Å². The van der Waals surface area contributed by atoms with Crippen LogP contribution in [0.2, 0.25) is 0 Å². The Labute approximate surface area is 152 Å². The van der Waals surface area contributed by atoms with Gasteiger partial charge in [-0.2, -0.15) is 0 Å². The standard InChI is InChI=1S/C19H25N3O2S/c1-12(2)20-17(23)11-19(8-4-5-9-19)18(24)22-14-6-7-15-16(10-14)25-13(3)21-15/h6-7,10,12H,4-5,8-9,11H2,1-3H3,(H,20,23)(H,22,24). The summed E-state index contributed by atoms with van der Waals surface area (Å²) in [6, 6.07) is 5.87. The van der Waals surface area contributed by atoms with Crippen LogP contribution in [0.15, 0.2) is 18.2 Å². The number of aromatic nitrogens is 1. The van der Waals surface area contributed by atoms with E-state index in [0.29, 0.717) is 0 Å². The second-order valence-electron chi connectivity index (χ2n) is 7.26. The zero-order chi connectivity index (χ0) is 18.0. The molecule has 2 amide bonds. The van der Waals surface area contributed by atoms with Crippen LogP contribution in [-0.2, 0) is 9.59 Å². The van der Waals surface area contributed by atoms with Crippen molar-refractivity contribution in [1.29, 1.82) is 0 Å². The number of carbonyl (C=O) groups is 2. The number of aryl methyl sites for hydroxylation is 1. The van der Waals surface area contributed by atoms with Gasteiger partial charge in [0, 0.05) is 18.2 Å². The molecule has 1 heterocycles. The Bertz CT molecular complexity index is 791. The number of nitrogens with zero attached hydrogens (tertiary/aromatic N) is 1. The molecule has 1 aliphatic rings. The molecule has 2 N–H and O–H groups in total. The van der Waals surface area contributed by atoms with Crippen LogP contribution in [0.5, 0.6) is 0 Å². The molecule has 0 atom stereocenters. The maximum atomic E-state index is 13.0. The van der Waals surface area contributed by atoms with Gasteiger partial charge in [-0.05, 0) is 51.8 Å². The summed E-state index contributed by atoms with van der Waals surface area (Å²) in [5.74, 6) is -0.0786. The van der Waals surface area contributed by atoms with Crippen molar-refractivity contribution in [2.24, 2.45) is 5.41 Å². The van der Waals surface area contributed by atoms with Crippen molar-refractivity contribution in [2.75, 3.05) is 5.32 Å². The number of nitrogens with one attached hydrogen (secondary N) is 2. The van der Waals surface area contributed by atoms with Crippen LogP contribution < -0.4 is 10.6 Å². The van der Waals surface area contributed by atoms with Gasteiger partial charge in [0.15, 0.2) is 0 Å². The molecule has 0 radical (unpaired) electrons. The molecule has 2 aromatic rings. The van der Waals surface area contributed by atoms with Crippen molar-refractivity contribution in [3.05, 3.63) is 23.2 Å². The number of amides is 2. The lowest BCUT2D eigenvalue weighted by Crippen LogP contribution is -2.40. The molecule has 0 aliphatic heterocycles. The van der Waals surface area contributed by atoms with Gasteiger partial charge in [0.25, 0.3) is 0 Å². The fraction of sp³-hybridized carbons (Fsp3) is 0.526. The third kappa shape index (κ3) is 4.00. The van der Waals surface area contributed by atoms with Gasteiger partial charge in [0.1, 0.15) is 0 Å². The van der Waals surface area contributed by atoms with E-state index in [2.05, 4.69) is 15.6 Å². The van der Waals surface area contributed by atoms with Gasteiger partial charge in [-0.1, -0.05) is 12.8 Å². The molecule has 0 unspecified atom stereocenters. The lowest BCUT2D eigenvalue weighted by Gasteiger charge is -2.27. The molecule has 0 saturated heterocycles. The lowest BCUT2D eigenvalue weighted by atomic mass is 9.81. The first kappa shape index (κ1) is 17.9. The lowest BCUT2D eigenvalue weighted by molar-refractivity contribution is -0.132. The summed E-state index contributed by atoms with van der Waals surface area (Å²) in [6.45, 7) is 5.85. The van der Waals surface area contributed by atoms with Gasteiger partial charge in [-0.25, -0.2) is 4.98 Å². The van der Waals surface area contributed by atoms with E-state index in [1.54, 1.807) is 11.3 Å². The van der Waals surface area contributed by atoms with Crippen molar-refractivity contribution in [2.45, 2.75) is 58.9 Å². The normalized spacial score (nSPS) is 16.3. The minimum absolute atomic E-state index is 0.0375. The van der Waals surface area contributed by atoms with E-state index in [-0.39, 0.29) is 24.3 Å². The summed E-state index contributed by atoms with van der Waals surface area (Å²) in [5.41, 5.74) is 1.14. The summed E-state index contributed by atoms with van der Waals surface area (Å²) in [5, 5.41) is 6.97. The average Bonchev–Trinajstić information content (AvgIpc) is 3.12. The molecule has 0 bridgehead atoms. The van der Waals surface area contributed by atoms with Gasteiger partial charge in [-0.15, -0.1) is 11.3 Å². The highest BCUT2D eigenvalue weighted by molar-refractivity contribution is 7.18. The third-order valence-electron chi connectivity index (χ3n) is 4.74. The van der Waals surface area contributed by atoms with E-state index >= 15 is 0 Å². The predicted molar refractivity (Wildman–Crippen MR) is 102 cm³/mol. The summed E-state index contributed by atoms with van der Waals surface area (Å²) < 4.78 is 1.06. The van der Waals surface area contributed by atoms with E-state index < -0.39 is 5.41 Å². The highest BCUT2D eigenvalue weighted by Crippen LogP contribution is 2.42. The number of thiazole rings is 1. The van der Waals surface area contributed by atoms with Crippen LogP contribution in [0, 0.1) is 12.3 Å². The molecule has 6 heteroatoms. The zero-order valence-corrected chi connectivity index (χ0v) is 15.8. The van der Waals surface area contributed by atoms with Crippen LogP contribution in [0.4, 0.5) is 5.69 Å². The molecule has 1 aliphatic carbocycles. The predicted octanol–water partition coefficient (Wildman–Crippen LogP) is 4.02. The Morgan fingerprint density at radius 1 is 1.28 bits per heavy atom. The second-order valence-corrected chi connectivity index (χ2v) is 8.49. The van der Waals surface area contributed by atoms with Crippen LogP contribution in [-0.4, -0.2) is 22.8 Å². The molecular formula is C19H25N3O2S. The van der Waals surface area contributed by atoms with Crippen LogP contribution in [0.3, 0.4) is 0 Å². The average molecular weight is 359 g/mol. The van der Waals surface area contributed by atoms with Crippen LogP contribution in [0.25, 0.3) is 10.2 Å². The zero-order valence-electron chi connectivity index (χ0n) is 15.0. The molecule has 25 heavy (non-hydrogen) atoms. The van der Waals surface area contributed by atoms with Crippen molar-refractivity contribution < 1.29 is 9.59 Å². The first-order valence-electron chi connectivity index (χ1n) is 8.86. The Balaban J connectivity index is 1.76. The van der Waals surface area contributed by atoms with Gasteiger partial charge < -0.3 is 10.6 Å². The fourth-order valence-electron chi connectivity index (χ4n) is 3.60. The monoisotopic (exact) mass is 359 g/mol. The molecule has 1 aromatic carbocycles. The van der Waals surface area contributed by atoms with Crippen molar-refractivity contribution in [3.63, 3.8) is 0 Å². The van der Waals surface area contributed by atoms with E-state index in [9.17, 15) is 9.59 Å². The number of hydrogen-bond donors (Lipinski definition) is 2. The molecule has 1 fully saturated rings. The number of fused-ring (bicyclic) bond motifs is 1. The van der Waals surface area contributed by atoms with Gasteiger partial charge in [0.05, 0.1) is 20.6 Å². The smallest absolute Gasteiger partial charge is 0.231 e. The highest BCUT2D eigenvalue weighted by Gasteiger charge is 2.42. The largest absolute Gasteiger partial charge is 0.354 e. The number of benzene rings is 1. The molecular weight excluding hydrogens is 334 g/mol. The Morgan fingerprint density at radius 3 is 2.68 bits per heavy atom. The minimum Gasteiger partial charge on any atom is -0.354 e. The Hall–Kier alpha value is -1.95.